The summed E-state index contributed by atoms with van der Waals surface area (Å²) in [5.74, 6) is 2.73. The summed E-state index contributed by atoms with van der Waals surface area (Å²) in [6, 6.07) is 6.61. The van der Waals surface area contributed by atoms with Crippen LogP contribution in [0.1, 0.15) is 44.2 Å². The minimum Gasteiger partial charge on any atom is -0.353 e. The molecule has 0 aliphatic heterocycles. The minimum absolute atomic E-state index is 0.628. The first-order valence-electron chi connectivity index (χ1n) is 8.24. The van der Waals surface area contributed by atoms with Gasteiger partial charge in [0.05, 0.1) is 12.2 Å². The van der Waals surface area contributed by atoms with Crippen LogP contribution in [0.5, 0.6) is 0 Å². The van der Waals surface area contributed by atoms with Gasteiger partial charge >= 0.3 is 0 Å². The van der Waals surface area contributed by atoms with Crippen LogP contribution >= 0.6 is 0 Å². The topological polar surface area (TPSA) is 49.3 Å². The molecule has 0 amide bonds. The summed E-state index contributed by atoms with van der Waals surface area (Å²) >= 11 is 0. The molecule has 4 nitrogen and oxygen atoms in total. The first kappa shape index (κ1) is 14.4. The standard InChI is InChI=1S/C17H26N4/c1-18-17(20-12-14-9-5-6-10-19-14)21-16-11-15(16)13-7-3-2-4-8-13/h5-6,9-10,13,15-16H,2-4,7-8,11-12H2,1H3,(H2,18,20,21). The number of nitrogens with zero attached hydrogens (tertiary/aromatic N) is 2. The lowest BCUT2D eigenvalue weighted by Gasteiger charge is -2.22. The van der Waals surface area contributed by atoms with Gasteiger partial charge in [-0.05, 0) is 30.4 Å². The van der Waals surface area contributed by atoms with Crippen molar-refractivity contribution in [1.82, 2.24) is 15.6 Å². The molecule has 21 heavy (non-hydrogen) atoms. The zero-order valence-corrected chi connectivity index (χ0v) is 12.9. The molecule has 2 saturated carbocycles. The molecule has 114 valence electrons. The smallest absolute Gasteiger partial charge is 0.191 e. The van der Waals surface area contributed by atoms with Crippen molar-refractivity contribution in [3.8, 4) is 0 Å². The van der Waals surface area contributed by atoms with Crippen molar-refractivity contribution < 1.29 is 0 Å². The van der Waals surface area contributed by atoms with Gasteiger partial charge in [0.15, 0.2) is 5.96 Å². The molecule has 0 aromatic carbocycles. The average Bonchev–Trinajstić information content (AvgIpc) is 3.32. The number of hydrogen-bond acceptors (Lipinski definition) is 2. The maximum absolute atomic E-state index is 4.33. The summed E-state index contributed by atoms with van der Waals surface area (Å²) in [5, 5.41) is 6.93. The van der Waals surface area contributed by atoms with Crippen molar-refractivity contribution in [2.75, 3.05) is 7.05 Å². The number of pyridine rings is 1. The van der Waals surface area contributed by atoms with E-state index >= 15 is 0 Å². The van der Waals surface area contributed by atoms with E-state index in [-0.39, 0.29) is 0 Å². The monoisotopic (exact) mass is 286 g/mol. The lowest BCUT2D eigenvalue weighted by Crippen LogP contribution is -2.39. The van der Waals surface area contributed by atoms with Gasteiger partial charge in [0.1, 0.15) is 0 Å². The van der Waals surface area contributed by atoms with Crippen molar-refractivity contribution in [2.24, 2.45) is 16.8 Å². The molecule has 1 heterocycles. The van der Waals surface area contributed by atoms with Crippen LogP contribution in [0.25, 0.3) is 0 Å². The molecule has 2 unspecified atom stereocenters. The molecule has 3 rings (SSSR count). The van der Waals surface area contributed by atoms with Gasteiger partial charge in [0.2, 0.25) is 0 Å². The molecular weight excluding hydrogens is 260 g/mol. The molecule has 0 bridgehead atoms. The Hall–Kier alpha value is -1.58. The highest BCUT2D eigenvalue weighted by atomic mass is 15.2. The summed E-state index contributed by atoms with van der Waals surface area (Å²) in [6.07, 6.45) is 10.3. The van der Waals surface area contributed by atoms with Gasteiger partial charge in [-0.15, -0.1) is 0 Å². The molecule has 1 aromatic heterocycles. The largest absolute Gasteiger partial charge is 0.353 e. The lowest BCUT2D eigenvalue weighted by atomic mass is 9.85. The zero-order chi connectivity index (χ0) is 14.5. The summed E-state index contributed by atoms with van der Waals surface area (Å²) in [4.78, 5) is 8.65. The number of aliphatic imine (C=N–C) groups is 1. The van der Waals surface area contributed by atoms with Crippen LogP contribution in [0.15, 0.2) is 29.4 Å². The SMILES string of the molecule is CN=C(NCc1ccccn1)NC1CC1C1CCCCC1. The van der Waals surface area contributed by atoms with Crippen LogP contribution in [0.4, 0.5) is 0 Å². The van der Waals surface area contributed by atoms with Gasteiger partial charge in [-0.25, -0.2) is 0 Å². The first-order chi connectivity index (χ1) is 10.4. The second kappa shape index (κ2) is 6.92. The molecule has 2 aliphatic rings. The van der Waals surface area contributed by atoms with E-state index in [0.29, 0.717) is 6.04 Å². The summed E-state index contributed by atoms with van der Waals surface area (Å²) in [7, 11) is 1.84. The van der Waals surface area contributed by atoms with Gasteiger partial charge in [0.25, 0.3) is 0 Å². The van der Waals surface area contributed by atoms with Crippen LogP contribution in [0.3, 0.4) is 0 Å². The third kappa shape index (κ3) is 3.96. The Morgan fingerprint density at radius 2 is 2.14 bits per heavy atom. The van der Waals surface area contributed by atoms with Gasteiger partial charge in [-0.3, -0.25) is 9.98 Å². The molecule has 1 aromatic rings. The van der Waals surface area contributed by atoms with Crippen molar-refractivity contribution in [3.63, 3.8) is 0 Å². The van der Waals surface area contributed by atoms with Crippen LogP contribution in [-0.2, 0) is 6.54 Å². The molecule has 2 fully saturated rings. The Morgan fingerprint density at radius 1 is 1.29 bits per heavy atom. The van der Waals surface area contributed by atoms with Gasteiger partial charge < -0.3 is 10.6 Å². The predicted molar refractivity (Wildman–Crippen MR) is 86.0 cm³/mol. The minimum atomic E-state index is 0.628. The highest BCUT2D eigenvalue weighted by Crippen LogP contribution is 2.44. The van der Waals surface area contributed by atoms with E-state index in [9.17, 15) is 0 Å². The predicted octanol–water partition coefficient (Wildman–Crippen LogP) is 2.72. The van der Waals surface area contributed by atoms with Gasteiger partial charge in [-0.2, -0.15) is 0 Å². The maximum atomic E-state index is 4.33. The quantitative estimate of drug-likeness (QED) is 0.661. The number of guanidine groups is 1. The molecule has 2 N–H and O–H groups in total. The van der Waals surface area contributed by atoms with E-state index in [1.54, 1.807) is 0 Å². The Labute approximate surface area is 127 Å². The van der Waals surface area contributed by atoms with E-state index in [1.807, 2.05) is 31.4 Å². The maximum Gasteiger partial charge on any atom is 0.191 e. The van der Waals surface area contributed by atoms with Crippen LogP contribution in [-0.4, -0.2) is 24.0 Å². The fourth-order valence-electron chi connectivity index (χ4n) is 3.51. The number of nitrogens with one attached hydrogen (secondary N) is 2. The van der Waals surface area contributed by atoms with Crippen molar-refractivity contribution in [3.05, 3.63) is 30.1 Å². The van der Waals surface area contributed by atoms with E-state index in [4.69, 9.17) is 0 Å². The average molecular weight is 286 g/mol. The summed E-state index contributed by atoms with van der Waals surface area (Å²) in [5.41, 5.74) is 1.04. The van der Waals surface area contributed by atoms with Gasteiger partial charge in [-0.1, -0.05) is 38.2 Å². The summed E-state index contributed by atoms with van der Waals surface area (Å²) in [6.45, 7) is 0.724. The third-order valence-corrected chi connectivity index (χ3v) is 4.80. The number of hydrogen-bond donors (Lipinski definition) is 2. The second-order valence-electron chi connectivity index (χ2n) is 6.30. The molecule has 0 radical (unpaired) electrons. The Balaban J connectivity index is 1.43. The van der Waals surface area contributed by atoms with Crippen molar-refractivity contribution in [2.45, 2.75) is 51.1 Å². The van der Waals surface area contributed by atoms with Crippen LogP contribution in [0, 0.1) is 11.8 Å². The fraction of sp³-hybridized carbons (Fsp3) is 0.647. The normalized spacial score (nSPS) is 26.4. The third-order valence-electron chi connectivity index (χ3n) is 4.80. The first-order valence-corrected chi connectivity index (χ1v) is 8.24. The number of aromatic nitrogens is 1. The number of rotatable bonds is 4. The van der Waals surface area contributed by atoms with Crippen molar-refractivity contribution in [1.29, 1.82) is 0 Å². The second-order valence-corrected chi connectivity index (χ2v) is 6.30. The van der Waals surface area contributed by atoms with E-state index in [0.717, 1.165) is 30.0 Å². The van der Waals surface area contributed by atoms with Gasteiger partial charge in [0, 0.05) is 19.3 Å². The Morgan fingerprint density at radius 3 is 2.86 bits per heavy atom. The Kier molecular flexibility index (Phi) is 4.73. The van der Waals surface area contributed by atoms with E-state index in [2.05, 4.69) is 20.6 Å². The molecular formula is C17H26N4. The van der Waals surface area contributed by atoms with E-state index in [1.165, 1.54) is 38.5 Å². The summed E-state index contributed by atoms with van der Waals surface area (Å²) < 4.78 is 0. The van der Waals surface area contributed by atoms with E-state index < -0.39 is 0 Å². The molecule has 2 aliphatic carbocycles. The zero-order valence-electron chi connectivity index (χ0n) is 12.9. The molecule has 0 spiro atoms. The Bertz CT molecular complexity index is 465. The lowest BCUT2D eigenvalue weighted by molar-refractivity contribution is 0.315. The van der Waals surface area contributed by atoms with Crippen LogP contribution < -0.4 is 10.6 Å². The highest BCUT2D eigenvalue weighted by Gasteiger charge is 2.43. The van der Waals surface area contributed by atoms with Crippen molar-refractivity contribution >= 4 is 5.96 Å². The molecule has 0 saturated heterocycles. The van der Waals surface area contributed by atoms with Crippen LogP contribution in [0.2, 0.25) is 0 Å². The fourth-order valence-corrected chi connectivity index (χ4v) is 3.51. The molecule has 2 atom stereocenters. The molecule has 4 heteroatoms. The highest BCUT2D eigenvalue weighted by molar-refractivity contribution is 5.80.